The largest absolute Gasteiger partial charge is 0.494 e. The molecule has 0 N–H and O–H groups in total. The van der Waals surface area contributed by atoms with Crippen molar-refractivity contribution in [2.24, 2.45) is 5.92 Å². The van der Waals surface area contributed by atoms with Gasteiger partial charge in [-0.05, 0) is 98.8 Å². The molecule has 1 saturated carbocycles. The lowest BCUT2D eigenvalue weighted by Gasteiger charge is -2.27. The van der Waals surface area contributed by atoms with Gasteiger partial charge in [0.05, 0.1) is 6.61 Å². The van der Waals surface area contributed by atoms with Crippen LogP contribution in [0.25, 0.3) is 0 Å². The van der Waals surface area contributed by atoms with Crippen molar-refractivity contribution in [3.8, 4) is 17.6 Å². The Kier molecular flexibility index (Phi) is 9.10. The Labute approximate surface area is 183 Å². The van der Waals surface area contributed by atoms with Gasteiger partial charge in [-0.25, -0.2) is 0 Å². The fraction of sp³-hybridized carbons (Fsp3) is 0.448. The van der Waals surface area contributed by atoms with E-state index in [1.165, 1.54) is 62.5 Å². The number of allylic oxidation sites excluding steroid dienone is 2. The van der Waals surface area contributed by atoms with Gasteiger partial charge in [-0.1, -0.05) is 61.9 Å². The van der Waals surface area contributed by atoms with Crippen molar-refractivity contribution >= 4 is 0 Å². The molecular formula is C29H36O. The minimum absolute atomic E-state index is 0.666. The van der Waals surface area contributed by atoms with Crippen LogP contribution in [0.1, 0.15) is 81.4 Å². The second-order valence-electron chi connectivity index (χ2n) is 8.40. The highest BCUT2D eigenvalue weighted by Gasteiger charge is 2.20. The van der Waals surface area contributed by atoms with Gasteiger partial charge in [-0.3, -0.25) is 0 Å². The number of ether oxygens (including phenoxy) is 1. The van der Waals surface area contributed by atoms with E-state index < -0.39 is 0 Å². The second-order valence-corrected chi connectivity index (χ2v) is 8.40. The van der Waals surface area contributed by atoms with E-state index in [2.05, 4.69) is 79.4 Å². The molecule has 1 fully saturated rings. The Hall–Kier alpha value is -2.46. The van der Waals surface area contributed by atoms with E-state index in [4.69, 9.17) is 4.74 Å². The quantitative estimate of drug-likeness (QED) is 0.326. The second kappa shape index (κ2) is 12.3. The maximum absolute atomic E-state index is 5.56. The topological polar surface area (TPSA) is 9.23 Å². The first-order valence-corrected chi connectivity index (χ1v) is 11.8. The molecule has 0 heterocycles. The van der Waals surface area contributed by atoms with Gasteiger partial charge in [0, 0.05) is 5.56 Å². The van der Waals surface area contributed by atoms with E-state index in [1.807, 2.05) is 6.92 Å². The van der Waals surface area contributed by atoms with Crippen molar-refractivity contribution in [1.29, 1.82) is 0 Å². The Morgan fingerprint density at radius 1 is 0.900 bits per heavy atom. The Morgan fingerprint density at radius 3 is 2.30 bits per heavy atom. The molecule has 0 aliphatic heterocycles. The summed E-state index contributed by atoms with van der Waals surface area (Å²) in [7, 11) is 0. The van der Waals surface area contributed by atoms with E-state index in [1.54, 1.807) is 0 Å². The number of rotatable bonds is 8. The molecule has 0 unspecified atom stereocenters. The first-order chi connectivity index (χ1) is 14.8. The smallest absolute Gasteiger partial charge is 0.119 e. The maximum atomic E-state index is 5.56. The minimum atomic E-state index is 0.666. The summed E-state index contributed by atoms with van der Waals surface area (Å²) in [5.41, 5.74) is 3.99. The number of unbranched alkanes of at least 4 members (excludes halogenated alkanes) is 2. The summed E-state index contributed by atoms with van der Waals surface area (Å²) in [6, 6.07) is 17.5. The zero-order valence-corrected chi connectivity index (χ0v) is 18.7. The van der Waals surface area contributed by atoms with E-state index in [0.29, 0.717) is 11.8 Å². The third kappa shape index (κ3) is 7.10. The van der Waals surface area contributed by atoms with Gasteiger partial charge >= 0.3 is 0 Å². The third-order valence-electron chi connectivity index (χ3n) is 6.13. The molecule has 1 heteroatoms. The molecule has 0 amide bonds. The van der Waals surface area contributed by atoms with Gasteiger partial charge in [0.2, 0.25) is 0 Å². The van der Waals surface area contributed by atoms with Gasteiger partial charge in [-0.2, -0.15) is 0 Å². The summed E-state index contributed by atoms with van der Waals surface area (Å²) in [5, 5.41) is 0. The van der Waals surface area contributed by atoms with Crippen LogP contribution < -0.4 is 4.74 Å². The molecule has 0 aromatic heterocycles. The van der Waals surface area contributed by atoms with Gasteiger partial charge in [0.15, 0.2) is 0 Å². The summed E-state index contributed by atoms with van der Waals surface area (Å²) in [5.74, 6) is 8.85. The molecule has 1 aliphatic rings. The zero-order valence-electron chi connectivity index (χ0n) is 18.7. The molecule has 158 valence electrons. The summed E-state index contributed by atoms with van der Waals surface area (Å²) < 4.78 is 5.56. The average molecular weight is 401 g/mol. The van der Waals surface area contributed by atoms with Crippen LogP contribution in [0.15, 0.2) is 60.7 Å². The SMILES string of the molecule is CCCCCc1ccc(C#CC=CC2CCC(c3ccc(OCC)cc3)CC2)cc1. The van der Waals surface area contributed by atoms with Crippen LogP contribution in [0, 0.1) is 17.8 Å². The van der Waals surface area contributed by atoms with E-state index in [-0.39, 0.29) is 0 Å². The molecule has 3 rings (SSSR count). The molecule has 2 aromatic carbocycles. The molecule has 0 spiro atoms. The minimum Gasteiger partial charge on any atom is -0.494 e. The van der Waals surface area contributed by atoms with Crippen molar-refractivity contribution in [3.05, 3.63) is 77.4 Å². The van der Waals surface area contributed by atoms with Crippen molar-refractivity contribution in [3.63, 3.8) is 0 Å². The number of hydrogen-bond donors (Lipinski definition) is 0. The standard InChI is InChI=1S/C29H36O/c1-3-5-6-9-24-12-14-25(15-13-24)10-7-8-11-26-16-18-27(19-17-26)28-20-22-29(23-21-28)30-4-2/h8,11-15,20-23,26-27H,3-6,9,16-19H2,1-2H3. The summed E-state index contributed by atoms with van der Waals surface area (Å²) >= 11 is 0. The lowest BCUT2D eigenvalue weighted by molar-refractivity contribution is 0.339. The number of aryl methyl sites for hydroxylation is 1. The molecule has 1 nitrogen and oxygen atoms in total. The average Bonchev–Trinajstić information content (AvgIpc) is 2.79. The highest BCUT2D eigenvalue weighted by atomic mass is 16.5. The zero-order chi connectivity index (χ0) is 21.0. The van der Waals surface area contributed by atoms with E-state index in [9.17, 15) is 0 Å². The molecular weight excluding hydrogens is 364 g/mol. The molecule has 1 aliphatic carbocycles. The number of hydrogen-bond acceptors (Lipinski definition) is 1. The normalized spacial score (nSPS) is 18.7. The molecule has 0 radical (unpaired) electrons. The molecule has 0 bridgehead atoms. The number of benzene rings is 2. The highest BCUT2D eigenvalue weighted by molar-refractivity contribution is 5.38. The first kappa shape index (κ1) is 22.2. The predicted octanol–water partition coefficient (Wildman–Crippen LogP) is 7.70. The van der Waals surface area contributed by atoms with Gasteiger partial charge in [0.25, 0.3) is 0 Å². The van der Waals surface area contributed by atoms with Gasteiger partial charge in [0.1, 0.15) is 5.75 Å². The van der Waals surface area contributed by atoms with Gasteiger partial charge < -0.3 is 4.74 Å². The highest BCUT2D eigenvalue weighted by Crippen LogP contribution is 2.36. The molecule has 0 saturated heterocycles. The Bertz CT molecular complexity index is 825. The fourth-order valence-electron chi connectivity index (χ4n) is 4.29. The molecule has 30 heavy (non-hydrogen) atoms. The van der Waals surface area contributed by atoms with Crippen LogP contribution in [0.4, 0.5) is 0 Å². The first-order valence-electron chi connectivity index (χ1n) is 11.8. The molecule has 2 aromatic rings. The lowest BCUT2D eigenvalue weighted by Crippen LogP contribution is -2.11. The summed E-state index contributed by atoms with van der Waals surface area (Å²) in [6.45, 7) is 5.00. The van der Waals surface area contributed by atoms with Crippen LogP contribution in [-0.2, 0) is 6.42 Å². The molecule has 0 atom stereocenters. The van der Waals surface area contributed by atoms with Crippen LogP contribution in [0.5, 0.6) is 5.75 Å². The van der Waals surface area contributed by atoms with Crippen molar-refractivity contribution in [1.82, 2.24) is 0 Å². The van der Waals surface area contributed by atoms with Crippen LogP contribution in [0.3, 0.4) is 0 Å². The van der Waals surface area contributed by atoms with E-state index >= 15 is 0 Å². The Morgan fingerprint density at radius 2 is 1.63 bits per heavy atom. The van der Waals surface area contributed by atoms with Crippen LogP contribution in [-0.4, -0.2) is 6.61 Å². The van der Waals surface area contributed by atoms with Crippen molar-refractivity contribution in [2.75, 3.05) is 6.61 Å². The van der Waals surface area contributed by atoms with Gasteiger partial charge in [-0.15, -0.1) is 0 Å². The lowest BCUT2D eigenvalue weighted by atomic mass is 9.78. The maximum Gasteiger partial charge on any atom is 0.119 e. The monoisotopic (exact) mass is 400 g/mol. The summed E-state index contributed by atoms with van der Waals surface area (Å²) in [6.07, 6.45) is 14.5. The third-order valence-corrected chi connectivity index (χ3v) is 6.13. The summed E-state index contributed by atoms with van der Waals surface area (Å²) in [4.78, 5) is 0. The van der Waals surface area contributed by atoms with Crippen molar-refractivity contribution in [2.45, 2.75) is 71.1 Å². The Balaban J connectivity index is 1.43. The van der Waals surface area contributed by atoms with E-state index in [0.717, 1.165) is 17.9 Å². The van der Waals surface area contributed by atoms with Crippen LogP contribution in [0.2, 0.25) is 0 Å². The predicted molar refractivity (Wildman–Crippen MR) is 128 cm³/mol. The fourth-order valence-corrected chi connectivity index (χ4v) is 4.29. The van der Waals surface area contributed by atoms with Crippen molar-refractivity contribution < 1.29 is 4.74 Å². The van der Waals surface area contributed by atoms with Crippen LogP contribution >= 0.6 is 0 Å².